The van der Waals surface area contributed by atoms with Crippen LogP contribution in [-0.4, -0.2) is 59.6 Å². The number of hydrogen-bond acceptors (Lipinski definition) is 5. The van der Waals surface area contributed by atoms with Gasteiger partial charge in [0, 0.05) is 6.61 Å². The highest BCUT2D eigenvalue weighted by atomic mass is 16.6. The van der Waals surface area contributed by atoms with Crippen LogP contribution in [0.3, 0.4) is 0 Å². The van der Waals surface area contributed by atoms with Crippen molar-refractivity contribution < 1.29 is 24.8 Å². The molecule has 5 nitrogen and oxygen atoms in total. The van der Waals surface area contributed by atoms with E-state index in [1.807, 2.05) is 6.92 Å². The van der Waals surface area contributed by atoms with Crippen molar-refractivity contribution in [3.63, 3.8) is 0 Å². The minimum absolute atomic E-state index is 0.213. The van der Waals surface area contributed by atoms with Gasteiger partial charge in [-0.15, -0.1) is 0 Å². The molecular formula is C15H28O5. The summed E-state index contributed by atoms with van der Waals surface area (Å²) in [6, 6.07) is 0. The molecule has 0 amide bonds. The molecule has 0 saturated carbocycles. The van der Waals surface area contributed by atoms with Crippen molar-refractivity contribution in [1.29, 1.82) is 0 Å². The molecule has 0 radical (unpaired) electrons. The number of allylic oxidation sites excluding steroid dienone is 2. The average molecular weight is 288 g/mol. The highest BCUT2D eigenvalue weighted by Crippen LogP contribution is 2.18. The van der Waals surface area contributed by atoms with Crippen LogP contribution in [0.5, 0.6) is 0 Å². The predicted molar refractivity (Wildman–Crippen MR) is 76.5 cm³/mol. The van der Waals surface area contributed by atoms with E-state index in [2.05, 4.69) is 12.2 Å². The van der Waals surface area contributed by atoms with Crippen LogP contribution in [0.4, 0.5) is 0 Å². The molecule has 0 aromatic carbocycles. The van der Waals surface area contributed by atoms with Crippen LogP contribution in [0.25, 0.3) is 0 Å². The van der Waals surface area contributed by atoms with Crippen LogP contribution >= 0.6 is 0 Å². The van der Waals surface area contributed by atoms with Crippen LogP contribution in [0.2, 0.25) is 0 Å². The summed E-state index contributed by atoms with van der Waals surface area (Å²) in [5, 5.41) is 28.5. The standard InChI is InChI=1S/C15H28O5/c1-2-3-4-5-6-7-8-9-19-13-11-20-12(10-16)14(17)15(13)18/h2-3,12-18H,4-11H2,1H3/b3-2+/t12-,13+,14-,15-/m1/s1. The molecule has 5 heteroatoms. The molecule has 0 aromatic heterocycles. The van der Waals surface area contributed by atoms with Gasteiger partial charge in [-0.25, -0.2) is 0 Å². The molecule has 4 atom stereocenters. The third-order valence-corrected chi connectivity index (χ3v) is 3.60. The minimum Gasteiger partial charge on any atom is -0.394 e. The lowest BCUT2D eigenvalue weighted by Gasteiger charge is -2.36. The Bertz CT molecular complexity index is 269. The predicted octanol–water partition coefficient (Wildman–Crippen LogP) is 1.01. The van der Waals surface area contributed by atoms with Gasteiger partial charge in [-0.1, -0.05) is 25.0 Å². The van der Waals surface area contributed by atoms with Gasteiger partial charge in [0.1, 0.15) is 24.4 Å². The van der Waals surface area contributed by atoms with E-state index in [4.69, 9.17) is 14.6 Å². The summed E-state index contributed by atoms with van der Waals surface area (Å²) in [4.78, 5) is 0. The van der Waals surface area contributed by atoms with E-state index >= 15 is 0 Å². The largest absolute Gasteiger partial charge is 0.394 e. The van der Waals surface area contributed by atoms with Crippen molar-refractivity contribution in [3.8, 4) is 0 Å². The molecule has 20 heavy (non-hydrogen) atoms. The molecule has 1 heterocycles. The summed E-state index contributed by atoms with van der Waals surface area (Å²) in [5.74, 6) is 0. The number of rotatable bonds is 9. The topological polar surface area (TPSA) is 79.2 Å². The number of hydrogen-bond donors (Lipinski definition) is 3. The molecule has 0 spiro atoms. The van der Waals surface area contributed by atoms with Crippen LogP contribution < -0.4 is 0 Å². The van der Waals surface area contributed by atoms with E-state index < -0.39 is 24.4 Å². The normalized spacial score (nSPS) is 31.0. The van der Waals surface area contributed by atoms with Gasteiger partial charge in [0.25, 0.3) is 0 Å². The highest BCUT2D eigenvalue weighted by molar-refractivity contribution is 4.87. The van der Waals surface area contributed by atoms with Crippen molar-refractivity contribution in [1.82, 2.24) is 0 Å². The van der Waals surface area contributed by atoms with Crippen molar-refractivity contribution in [2.75, 3.05) is 19.8 Å². The first-order valence-electron chi connectivity index (χ1n) is 7.52. The first-order valence-corrected chi connectivity index (χ1v) is 7.52. The van der Waals surface area contributed by atoms with Crippen LogP contribution in [0, 0.1) is 0 Å². The monoisotopic (exact) mass is 288 g/mol. The van der Waals surface area contributed by atoms with Gasteiger partial charge in [-0.2, -0.15) is 0 Å². The fraction of sp³-hybridized carbons (Fsp3) is 0.867. The second-order valence-corrected chi connectivity index (χ2v) is 5.22. The Labute approximate surface area is 121 Å². The molecule has 118 valence electrons. The smallest absolute Gasteiger partial charge is 0.111 e. The number of aliphatic hydroxyl groups is 3. The van der Waals surface area contributed by atoms with Gasteiger partial charge in [-0.05, 0) is 26.2 Å². The Morgan fingerprint density at radius 2 is 1.90 bits per heavy atom. The molecule has 1 aliphatic rings. The molecule has 0 aromatic rings. The van der Waals surface area contributed by atoms with Gasteiger partial charge in [0.15, 0.2) is 0 Å². The zero-order valence-electron chi connectivity index (χ0n) is 12.3. The lowest BCUT2D eigenvalue weighted by molar-refractivity contribution is -0.208. The van der Waals surface area contributed by atoms with Crippen molar-refractivity contribution in [2.24, 2.45) is 0 Å². The Kier molecular flexibility index (Phi) is 9.05. The third-order valence-electron chi connectivity index (χ3n) is 3.60. The second-order valence-electron chi connectivity index (χ2n) is 5.22. The van der Waals surface area contributed by atoms with Crippen molar-refractivity contribution in [2.45, 2.75) is 63.4 Å². The van der Waals surface area contributed by atoms with Gasteiger partial charge >= 0.3 is 0 Å². The molecule has 0 bridgehead atoms. The van der Waals surface area contributed by atoms with Crippen LogP contribution in [-0.2, 0) is 9.47 Å². The number of aliphatic hydroxyl groups excluding tert-OH is 3. The van der Waals surface area contributed by atoms with Crippen molar-refractivity contribution in [3.05, 3.63) is 12.2 Å². The maximum absolute atomic E-state index is 9.87. The summed E-state index contributed by atoms with van der Waals surface area (Å²) >= 11 is 0. The average Bonchev–Trinajstić information content (AvgIpc) is 2.46. The van der Waals surface area contributed by atoms with E-state index in [0.717, 1.165) is 19.3 Å². The number of ether oxygens (including phenoxy) is 2. The maximum Gasteiger partial charge on any atom is 0.111 e. The Balaban J connectivity index is 2.07. The molecule has 1 rings (SSSR count). The second kappa shape index (κ2) is 10.3. The summed E-state index contributed by atoms with van der Waals surface area (Å²) in [6.45, 7) is 2.51. The molecule has 3 N–H and O–H groups in total. The summed E-state index contributed by atoms with van der Waals surface area (Å²) in [5.41, 5.74) is 0. The quantitative estimate of drug-likeness (QED) is 0.436. The first kappa shape index (κ1) is 17.6. The molecule has 1 fully saturated rings. The molecule has 0 aliphatic carbocycles. The van der Waals surface area contributed by atoms with E-state index in [1.165, 1.54) is 12.8 Å². The van der Waals surface area contributed by atoms with E-state index in [0.29, 0.717) is 6.61 Å². The third kappa shape index (κ3) is 5.89. The number of unbranched alkanes of at least 4 members (excludes halogenated alkanes) is 4. The van der Waals surface area contributed by atoms with E-state index in [9.17, 15) is 10.2 Å². The Hall–Kier alpha value is -0.460. The summed E-state index contributed by atoms with van der Waals surface area (Å²) in [6.07, 6.45) is 6.48. The van der Waals surface area contributed by atoms with Crippen molar-refractivity contribution >= 4 is 0 Å². The zero-order valence-corrected chi connectivity index (χ0v) is 12.3. The van der Waals surface area contributed by atoms with Gasteiger partial charge in [0.05, 0.1) is 13.2 Å². The van der Waals surface area contributed by atoms with Gasteiger partial charge in [0.2, 0.25) is 0 Å². The lowest BCUT2D eigenvalue weighted by Crippen LogP contribution is -2.55. The van der Waals surface area contributed by atoms with Gasteiger partial charge < -0.3 is 24.8 Å². The van der Waals surface area contributed by atoms with Gasteiger partial charge in [-0.3, -0.25) is 0 Å². The Morgan fingerprint density at radius 1 is 1.15 bits per heavy atom. The lowest BCUT2D eigenvalue weighted by atomic mass is 10.0. The van der Waals surface area contributed by atoms with Crippen LogP contribution in [0.15, 0.2) is 12.2 Å². The molecule has 1 aliphatic heterocycles. The fourth-order valence-electron chi connectivity index (χ4n) is 2.28. The zero-order chi connectivity index (χ0) is 14.8. The minimum atomic E-state index is -1.08. The molecule has 0 unspecified atom stereocenters. The summed E-state index contributed by atoms with van der Waals surface area (Å²) < 4.78 is 10.8. The highest BCUT2D eigenvalue weighted by Gasteiger charge is 2.38. The maximum atomic E-state index is 9.87. The Morgan fingerprint density at radius 3 is 2.60 bits per heavy atom. The van der Waals surface area contributed by atoms with E-state index in [-0.39, 0.29) is 13.2 Å². The fourth-order valence-corrected chi connectivity index (χ4v) is 2.28. The first-order chi connectivity index (χ1) is 9.70. The molecular weight excluding hydrogens is 260 g/mol. The SMILES string of the molecule is C/C=C/CCCCCCO[C@H]1CO[C@H](CO)[C@@H](O)[C@@H]1O. The summed E-state index contributed by atoms with van der Waals surface area (Å²) in [7, 11) is 0. The van der Waals surface area contributed by atoms with E-state index in [1.54, 1.807) is 0 Å². The van der Waals surface area contributed by atoms with Crippen LogP contribution in [0.1, 0.15) is 39.0 Å². The molecule has 1 saturated heterocycles.